The summed E-state index contributed by atoms with van der Waals surface area (Å²) in [6.45, 7) is 3.55. The van der Waals surface area contributed by atoms with Gasteiger partial charge in [0.25, 0.3) is 6.43 Å². The Morgan fingerprint density at radius 1 is 1.56 bits per heavy atom. The number of esters is 1. The number of ether oxygens (including phenoxy) is 1. The van der Waals surface area contributed by atoms with Crippen molar-refractivity contribution in [3.05, 3.63) is 28.6 Å². The van der Waals surface area contributed by atoms with Crippen molar-refractivity contribution in [2.45, 2.75) is 33.2 Å². The molecule has 0 spiro atoms. The smallest absolute Gasteiger partial charge is 0.310 e. The molecule has 2 N–H and O–H groups in total. The van der Waals surface area contributed by atoms with Crippen molar-refractivity contribution >= 4 is 5.97 Å². The van der Waals surface area contributed by atoms with E-state index in [4.69, 9.17) is 10.5 Å². The van der Waals surface area contributed by atoms with Crippen LogP contribution in [0.3, 0.4) is 0 Å². The minimum Gasteiger partial charge on any atom is -0.466 e. The molecule has 0 aromatic carbocycles. The van der Waals surface area contributed by atoms with Crippen molar-refractivity contribution in [2.75, 3.05) is 6.61 Å². The fourth-order valence-electron chi connectivity index (χ4n) is 1.68. The first-order valence-corrected chi connectivity index (χ1v) is 5.62. The number of nitrogens with two attached hydrogens (primary N) is 1. The molecule has 4 nitrogen and oxygen atoms in total. The van der Waals surface area contributed by atoms with Crippen LogP contribution < -0.4 is 5.73 Å². The molecule has 0 atom stereocenters. The van der Waals surface area contributed by atoms with Crippen LogP contribution in [0.2, 0.25) is 0 Å². The number of hydrogen-bond donors (Lipinski definition) is 1. The zero-order chi connectivity index (χ0) is 13.7. The van der Waals surface area contributed by atoms with Crippen LogP contribution in [-0.4, -0.2) is 17.6 Å². The van der Waals surface area contributed by atoms with E-state index in [2.05, 4.69) is 4.98 Å². The number of nitrogens with zero attached hydrogens (tertiary/aromatic N) is 1. The zero-order valence-corrected chi connectivity index (χ0v) is 10.4. The molecule has 0 aliphatic heterocycles. The largest absolute Gasteiger partial charge is 0.466 e. The molecule has 0 fully saturated rings. The molecule has 1 heterocycles. The first-order chi connectivity index (χ1) is 8.49. The fraction of sp³-hybridized carbons (Fsp3) is 0.500. The van der Waals surface area contributed by atoms with Crippen LogP contribution in [-0.2, 0) is 22.5 Å². The second kappa shape index (κ2) is 6.39. The molecule has 0 bridgehead atoms. The van der Waals surface area contributed by atoms with E-state index in [1.807, 2.05) is 0 Å². The minimum atomic E-state index is -2.67. The summed E-state index contributed by atoms with van der Waals surface area (Å²) in [7, 11) is 0. The Hall–Kier alpha value is -1.56. The number of alkyl halides is 2. The Morgan fingerprint density at radius 2 is 2.22 bits per heavy atom. The normalized spacial score (nSPS) is 10.8. The summed E-state index contributed by atoms with van der Waals surface area (Å²) in [6.07, 6.45) is -2.86. The van der Waals surface area contributed by atoms with Crippen molar-refractivity contribution in [1.29, 1.82) is 0 Å². The lowest BCUT2D eigenvalue weighted by Gasteiger charge is -2.13. The monoisotopic (exact) mass is 258 g/mol. The summed E-state index contributed by atoms with van der Waals surface area (Å²) in [5.41, 5.74) is 6.19. The van der Waals surface area contributed by atoms with Gasteiger partial charge in [-0.1, -0.05) is 0 Å². The van der Waals surface area contributed by atoms with Crippen LogP contribution in [0.1, 0.15) is 35.9 Å². The van der Waals surface area contributed by atoms with Crippen LogP contribution in [0, 0.1) is 6.92 Å². The molecular formula is C12H16F2N2O2. The highest BCUT2D eigenvalue weighted by atomic mass is 19.3. The number of halogens is 2. The second-order valence-electron chi connectivity index (χ2n) is 3.75. The molecule has 0 saturated heterocycles. The maximum atomic E-state index is 12.9. The van der Waals surface area contributed by atoms with Gasteiger partial charge in [0.05, 0.1) is 18.7 Å². The van der Waals surface area contributed by atoms with Crippen molar-refractivity contribution < 1.29 is 18.3 Å². The standard InChI is InChI=1S/C12H16F2N2O2/c1-3-18-11(17)5-9-7(2)16-8(6-15)4-10(9)12(13)14/h4,12H,3,5-6,15H2,1-2H3. The van der Waals surface area contributed by atoms with Gasteiger partial charge in [0.2, 0.25) is 0 Å². The lowest BCUT2D eigenvalue weighted by Crippen LogP contribution is -2.13. The summed E-state index contributed by atoms with van der Waals surface area (Å²) in [5, 5.41) is 0. The molecule has 0 aliphatic rings. The van der Waals surface area contributed by atoms with E-state index in [1.165, 1.54) is 6.07 Å². The summed E-state index contributed by atoms with van der Waals surface area (Å²) < 4.78 is 30.6. The molecule has 100 valence electrons. The van der Waals surface area contributed by atoms with Gasteiger partial charge in [0.15, 0.2) is 0 Å². The Labute approximate surface area is 104 Å². The van der Waals surface area contributed by atoms with Gasteiger partial charge >= 0.3 is 5.97 Å². The molecule has 0 aliphatic carbocycles. The molecule has 1 aromatic heterocycles. The van der Waals surface area contributed by atoms with E-state index in [0.717, 1.165) is 0 Å². The van der Waals surface area contributed by atoms with E-state index < -0.39 is 12.4 Å². The molecule has 1 rings (SSSR count). The van der Waals surface area contributed by atoms with Gasteiger partial charge in [0, 0.05) is 17.8 Å². The highest BCUT2D eigenvalue weighted by molar-refractivity contribution is 5.73. The maximum absolute atomic E-state index is 12.9. The fourth-order valence-corrected chi connectivity index (χ4v) is 1.68. The van der Waals surface area contributed by atoms with Gasteiger partial charge < -0.3 is 10.5 Å². The Balaban J connectivity index is 3.12. The van der Waals surface area contributed by atoms with Crippen LogP contribution in [0.15, 0.2) is 6.07 Å². The highest BCUT2D eigenvalue weighted by Crippen LogP contribution is 2.26. The average Bonchev–Trinajstić information content (AvgIpc) is 2.31. The quantitative estimate of drug-likeness (QED) is 0.819. The summed E-state index contributed by atoms with van der Waals surface area (Å²) in [4.78, 5) is 15.5. The van der Waals surface area contributed by atoms with Crippen LogP contribution in [0.25, 0.3) is 0 Å². The molecule has 6 heteroatoms. The Kier molecular flexibility index (Phi) is 5.15. The van der Waals surface area contributed by atoms with Crippen molar-refractivity contribution in [3.63, 3.8) is 0 Å². The average molecular weight is 258 g/mol. The summed E-state index contributed by atoms with van der Waals surface area (Å²) >= 11 is 0. The maximum Gasteiger partial charge on any atom is 0.310 e. The van der Waals surface area contributed by atoms with Crippen molar-refractivity contribution in [1.82, 2.24) is 4.98 Å². The van der Waals surface area contributed by atoms with Gasteiger partial charge in [-0.25, -0.2) is 8.78 Å². The molecule has 0 unspecified atom stereocenters. The molecule has 0 saturated carbocycles. The third-order valence-corrected chi connectivity index (χ3v) is 2.49. The third-order valence-electron chi connectivity index (χ3n) is 2.49. The van der Waals surface area contributed by atoms with Gasteiger partial charge in [-0.3, -0.25) is 9.78 Å². The molecule has 1 aromatic rings. The van der Waals surface area contributed by atoms with Gasteiger partial charge in [-0.2, -0.15) is 0 Å². The Bertz CT molecular complexity index is 436. The van der Waals surface area contributed by atoms with Crippen molar-refractivity contribution in [2.24, 2.45) is 5.73 Å². The number of rotatable bonds is 5. The number of carbonyl (C=O) groups excluding carboxylic acids is 1. The Morgan fingerprint density at radius 3 is 2.72 bits per heavy atom. The number of carbonyl (C=O) groups is 1. The number of aromatic nitrogens is 1. The predicted molar refractivity (Wildman–Crippen MR) is 62.2 cm³/mol. The SMILES string of the molecule is CCOC(=O)Cc1c(C(F)F)cc(CN)nc1C. The predicted octanol–water partition coefficient (Wildman–Crippen LogP) is 1.89. The highest BCUT2D eigenvalue weighted by Gasteiger charge is 2.19. The molecule has 18 heavy (non-hydrogen) atoms. The minimum absolute atomic E-state index is 0.0836. The van der Waals surface area contributed by atoms with Crippen LogP contribution >= 0.6 is 0 Å². The first kappa shape index (κ1) is 14.5. The lowest BCUT2D eigenvalue weighted by atomic mass is 10.0. The van der Waals surface area contributed by atoms with E-state index in [1.54, 1.807) is 13.8 Å². The second-order valence-corrected chi connectivity index (χ2v) is 3.75. The molecule has 0 radical (unpaired) electrons. The van der Waals surface area contributed by atoms with Crippen molar-refractivity contribution in [3.8, 4) is 0 Å². The first-order valence-electron chi connectivity index (χ1n) is 5.62. The molecule has 0 amide bonds. The topological polar surface area (TPSA) is 65.2 Å². The van der Waals surface area contributed by atoms with E-state index in [9.17, 15) is 13.6 Å². The van der Waals surface area contributed by atoms with Crippen LogP contribution in [0.5, 0.6) is 0 Å². The van der Waals surface area contributed by atoms with Crippen LogP contribution in [0.4, 0.5) is 8.78 Å². The van der Waals surface area contributed by atoms with Gasteiger partial charge in [-0.15, -0.1) is 0 Å². The van der Waals surface area contributed by atoms with Gasteiger partial charge in [-0.05, 0) is 25.5 Å². The summed E-state index contributed by atoms with van der Waals surface area (Å²) in [6, 6.07) is 1.24. The van der Waals surface area contributed by atoms with Gasteiger partial charge in [0.1, 0.15) is 0 Å². The lowest BCUT2D eigenvalue weighted by molar-refractivity contribution is -0.142. The van der Waals surface area contributed by atoms with E-state index >= 15 is 0 Å². The van der Waals surface area contributed by atoms with E-state index in [0.29, 0.717) is 11.4 Å². The summed E-state index contributed by atoms with van der Waals surface area (Å²) in [5.74, 6) is -0.537. The third kappa shape index (κ3) is 3.46. The zero-order valence-electron chi connectivity index (χ0n) is 10.4. The van der Waals surface area contributed by atoms with E-state index in [-0.39, 0.29) is 30.7 Å². The number of hydrogen-bond acceptors (Lipinski definition) is 4. The molecular weight excluding hydrogens is 242 g/mol. The number of pyridine rings is 1. The number of aryl methyl sites for hydroxylation is 1.